The number of halogens is 2. The lowest BCUT2D eigenvalue weighted by atomic mass is 10.0. The van der Waals surface area contributed by atoms with Crippen LogP contribution >= 0.6 is 27.7 Å². The first-order valence-corrected chi connectivity index (χ1v) is 13.9. The number of hydrogen-bond donors (Lipinski definition) is 1. The fourth-order valence-electron chi connectivity index (χ4n) is 3.73. The SMILES string of the molecule is CC(C)CNC(=O)C(Cc1ccccc1)N(Cc1cccc(Br)c1)C(=O)CSCc1ccc(F)cc1. The van der Waals surface area contributed by atoms with Crippen LogP contribution in [-0.4, -0.2) is 35.1 Å². The molecule has 3 aromatic rings. The monoisotopic (exact) mass is 570 g/mol. The first kappa shape index (κ1) is 27.9. The highest BCUT2D eigenvalue weighted by Crippen LogP contribution is 2.20. The lowest BCUT2D eigenvalue weighted by Crippen LogP contribution is -2.51. The van der Waals surface area contributed by atoms with Gasteiger partial charge < -0.3 is 10.2 Å². The molecule has 190 valence electrons. The molecule has 0 saturated carbocycles. The summed E-state index contributed by atoms with van der Waals surface area (Å²) in [6.45, 7) is 4.95. The second-order valence-electron chi connectivity index (χ2n) is 9.12. The highest BCUT2D eigenvalue weighted by molar-refractivity contribution is 9.10. The maximum Gasteiger partial charge on any atom is 0.243 e. The van der Waals surface area contributed by atoms with Crippen molar-refractivity contribution in [3.05, 3.63) is 106 Å². The molecule has 0 radical (unpaired) electrons. The third-order valence-corrected chi connectivity index (χ3v) is 7.09. The van der Waals surface area contributed by atoms with Gasteiger partial charge in [-0.15, -0.1) is 11.8 Å². The zero-order chi connectivity index (χ0) is 25.9. The van der Waals surface area contributed by atoms with Gasteiger partial charge in [0.05, 0.1) is 5.75 Å². The zero-order valence-corrected chi connectivity index (χ0v) is 23.0. The van der Waals surface area contributed by atoms with Gasteiger partial charge in [-0.3, -0.25) is 9.59 Å². The second kappa shape index (κ2) is 14.2. The van der Waals surface area contributed by atoms with Gasteiger partial charge in [0.2, 0.25) is 11.8 Å². The lowest BCUT2D eigenvalue weighted by molar-refractivity contribution is -0.139. The van der Waals surface area contributed by atoms with Gasteiger partial charge in [-0.1, -0.05) is 84.4 Å². The number of rotatable bonds is 12. The number of benzene rings is 3. The molecule has 0 aliphatic heterocycles. The van der Waals surface area contributed by atoms with Crippen LogP contribution in [0.2, 0.25) is 0 Å². The van der Waals surface area contributed by atoms with Crippen molar-refractivity contribution in [1.82, 2.24) is 10.2 Å². The Bertz CT molecular complexity index is 1130. The van der Waals surface area contributed by atoms with Crippen LogP contribution in [0.4, 0.5) is 4.39 Å². The van der Waals surface area contributed by atoms with Crippen LogP contribution in [0.5, 0.6) is 0 Å². The molecule has 0 aliphatic rings. The molecule has 0 spiro atoms. The predicted octanol–water partition coefficient (Wildman–Crippen LogP) is 6.23. The van der Waals surface area contributed by atoms with Crippen LogP contribution in [0.15, 0.2) is 83.3 Å². The molecule has 0 aliphatic carbocycles. The van der Waals surface area contributed by atoms with E-state index in [1.807, 2.05) is 68.4 Å². The Hall–Kier alpha value is -2.64. The summed E-state index contributed by atoms with van der Waals surface area (Å²) in [6, 6.07) is 23.2. The highest BCUT2D eigenvalue weighted by Gasteiger charge is 2.30. The van der Waals surface area contributed by atoms with Crippen molar-refractivity contribution in [3.8, 4) is 0 Å². The molecule has 1 unspecified atom stereocenters. The van der Waals surface area contributed by atoms with Gasteiger partial charge >= 0.3 is 0 Å². The summed E-state index contributed by atoms with van der Waals surface area (Å²) in [5.41, 5.74) is 2.88. The Morgan fingerprint density at radius 1 is 0.944 bits per heavy atom. The van der Waals surface area contributed by atoms with Crippen molar-refractivity contribution < 1.29 is 14.0 Å². The molecule has 4 nitrogen and oxygen atoms in total. The number of carbonyl (C=O) groups excluding carboxylic acids is 2. The van der Waals surface area contributed by atoms with Crippen molar-refractivity contribution in [2.45, 2.75) is 38.6 Å². The van der Waals surface area contributed by atoms with E-state index < -0.39 is 6.04 Å². The van der Waals surface area contributed by atoms with E-state index in [1.54, 1.807) is 17.0 Å². The number of amides is 2. The molecule has 1 atom stereocenters. The highest BCUT2D eigenvalue weighted by atomic mass is 79.9. The second-order valence-corrected chi connectivity index (χ2v) is 11.0. The molecule has 7 heteroatoms. The molecule has 3 aromatic carbocycles. The summed E-state index contributed by atoms with van der Waals surface area (Å²) < 4.78 is 14.1. The van der Waals surface area contributed by atoms with E-state index in [4.69, 9.17) is 0 Å². The van der Waals surface area contributed by atoms with E-state index in [0.717, 1.165) is 21.2 Å². The number of hydrogen-bond acceptors (Lipinski definition) is 3. The van der Waals surface area contributed by atoms with E-state index in [1.165, 1.54) is 23.9 Å². The molecule has 0 aromatic heterocycles. The third kappa shape index (κ3) is 9.10. The van der Waals surface area contributed by atoms with E-state index in [2.05, 4.69) is 21.2 Å². The smallest absolute Gasteiger partial charge is 0.243 e. The van der Waals surface area contributed by atoms with Gasteiger partial charge in [0.1, 0.15) is 11.9 Å². The Balaban J connectivity index is 1.83. The van der Waals surface area contributed by atoms with Gasteiger partial charge in [-0.25, -0.2) is 4.39 Å². The Kier molecular flexibility index (Phi) is 11.0. The average Bonchev–Trinajstić information content (AvgIpc) is 2.86. The summed E-state index contributed by atoms with van der Waals surface area (Å²) in [5, 5.41) is 3.04. The standard InChI is InChI=1S/C29H32BrFN2O2S/c1-21(2)17-32-29(35)27(16-22-7-4-3-5-8-22)33(18-24-9-6-10-25(30)15-24)28(34)20-36-19-23-11-13-26(31)14-12-23/h3-15,21,27H,16-20H2,1-2H3,(H,32,35). The minimum atomic E-state index is -0.649. The molecule has 36 heavy (non-hydrogen) atoms. The third-order valence-electron chi connectivity index (χ3n) is 5.61. The number of thioether (sulfide) groups is 1. The first-order chi connectivity index (χ1) is 17.3. The maximum atomic E-state index is 13.6. The van der Waals surface area contributed by atoms with Crippen LogP contribution in [0.3, 0.4) is 0 Å². The van der Waals surface area contributed by atoms with Crippen LogP contribution in [-0.2, 0) is 28.3 Å². The molecule has 0 heterocycles. The van der Waals surface area contributed by atoms with E-state index in [-0.39, 0.29) is 23.4 Å². The molecule has 2 amide bonds. The number of carbonyl (C=O) groups is 2. The van der Waals surface area contributed by atoms with Crippen molar-refractivity contribution in [2.75, 3.05) is 12.3 Å². The molecular weight excluding hydrogens is 539 g/mol. The van der Waals surface area contributed by atoms with Crippen molar-refractivity contribution in [1.29, 1.82) is 0 Å². The van der Waals surface area contributed by atoms with Crippen LogP contribution in [0, 0.1) is 11.7 Å². The van der Waals surface area contributed by atoms with Gasteiger partial charge in [0, 0.05) is 29.7 Å². The quantitative estimate of drug-likeness (QED) is 0.280. The summed E-state index contributed by atoms with van der Waals surface area (Å²) in [5.74, 6) is 0.554. The zero-order valence-electron chi connectivity index (χ0n) is 20.6. The largest absolute Gasteiger partial charge is 0.354 e. The van der Waals surface area contributed by atoms with Gasteiger partial charge in [-0.05, 0) is 46.9 Å². The summed E-state index contributed by atoms with van der Waals surface area (Å²) in [4.78, 5) is 28.7. The Labute approximate surface area is 225 Å². The van der Waals surface area contributed by atoms with E-state index >= 15 is 0 Å². The Morgan fingerprint density at radius 3 is 2.31 bits per heavy atom. The van der Waals surface area contributed by atoms with Crippen molar-refractivity contribution >= 4 is 39.5 Å². The Morgan fingerprint density at radius 2 is 1.64 bits per heavy atom. The predicted molar refractivity (Wildman–Crippen MR) is 149 cm³/mol. The van der Waals surface area contributed by atoms with Crippen molar-refractivity contribution in [3.63, 3.8) is 0 Å². The minimum Gasteiger partial charge on any atom is -0.354 e. The normalized spacial score (nSPS) is 11.8. The molecule has 0 saturated heterocycles. The van der Waals surface area contributed by atoms with Gasteiger partial charge in [0.25, 0.3) is 0 Å². The molecule has 3 rings (SSSR count). The van der Waals surface area contributed by atoms with Gasteiger partial charge in [-0.2, -0.15) is 0 Å². The average molecular weight is 572 g/mol. The van der Waals surface area contributed by atoms with Crippen LogP contribution < -0.4 is 5.32 Å². The van der Waals surface area contributed by atoms with Gasteiger partial charge in [0.15, 0.2) is 0 Å². The number of nitrogens with zero attached hydrogens (tertiary/aromatic N) is 1. The fraction of sp³-hybridized carbons (Fsp3) is 0.310. The summed E-state index contributed by atoms with van der Waals surface area (Å²) in [6.07, 6.45) is 0.424. The minimum absolute atomic E-state index is 0.109. The molecule has 0 fully saturated rings. The topological polar surface area (TPSA) is 49.4 Å². The molecular formula is C29H32BrFN2O2S. The van der Waals surface area contributed by atoms with Crippen molar-refractivity contribution in [2.24, 2.45) is 5.92 Å². The first-order valence-electron chi connectivity index (χ1n) is 12.0. The van der Waals surface area contributed by atoms with E-state index in [9.17, 15) is 14.0 Å². The van der Waals surface area contributed by atoms with E-state index in [0.29, 0.717) is 31.2 Å². The lowest BCUT2D eigenvalue weighted by Gasteiger charge is -2.32. The van der Waals surface area contributed by atoms with Crippen LogP contribution in [0.25, 0.3) is 0 Å². The fourth-order valence-corrected chi connectivity index (χ4v) is 5.05. The number of nitrogens with one attached hydrogen (secondary N) is 1. The summed E-state index contributed by atoms with van der Waals surface area (Å²) in [7, 11) is 0. The maximum absolute atomic E-state index is 13.6. The molecule has 0 bridgehead atoms. The summed E-state index contributed by atoms with van der Waals surface area (Å²) >= 11 is 4.97. The molecule has 1 N–H and O–H groups in total. The van der Waals surface area contributed by atoms with Crippen LogP contribution in [0.1, 0.15) is 30.5 Å².